The molecule has 2 heteroatoms. The average Bonchev–Trinajstić information content (AvgIpc) is 2.47. The number of nitrogens with zero attached hydrogens (tertiary/aromatic N) is 1. The third-order valence-electron chi connectivity index (χ3n) is 1.83. The smallest absolute Gasteiger partial charge is 0.207 e. The topological polar surface area (TPSA) is 3.88 Å². The van der Waals surface area contributed by atoms with Crippen LogP contribution in [0.4, 0.5) is 4.39 Å². The lowest BCUT2D eigenvalue weighted by atomic mass is 10.1. The highest BCUT2D eigenvalue weighted by Crippen LogP contribution is 2.15. The molecule has 15 heavy (non-hydrogen) atoms. The van der Waals surface area contributed by atoms with E-state index in [4.69, 9.17) is 12.3 Å². The van der Waals surface area contributed by atoms with E-state index in [1.807, 2.05) is 0 Å². The van der Waals surface area contributed by atoms with E-state index in [0.717, 1.165) is 10.6 Å². The first-order valence-corrected chi connectivity index (χ1v) is 4.16. The summed E-state index contributed by atoms with van der Waals surface area (Å²) in [5, 5.41) is 0. The molecule has 76 valence electrons. The maximum atomic E-state index is 13.6. The van der Waals surface area contributed by atoms with Crippen LogP contribution in [0.15, 0.2) is 42.5 Å². The lowest BCUT2D eigenvalue weighted by molar-refractivity contribution is -0.660. The monoisotopic (exact) mass is 211 g/mol. The lowest BCUT2D eigenvalue weighted by Gasteiger charge is -2.00. The highest BCUT2D eigenvalue weighted by atomic mass is 19.1. The molecule has 2 rings (SSSR count). The van der Waals surface area contributed by atoms with Crippen LogP contribution in [-0.2, 0) is 7.05 Å². The van der Waals surface area contributed by atoms with Crippen LogP contribution in [0, 0.1) is 12.7 Å². The summed E-state index contributed by atoms with van der Waals surface area (Å²) in [7, 11) is 1.28. The first-order chi connectivity index (χ1) is 10.9. The first kappa shape index (κ1) is 3.71. The Morgan fingerprint density at radius 1 is 1.27 bits per heavy atom. The molecule has 0 atom stereocenters. The first-order valence-electron chi connectivity index (χ1n) is 8.66. The highest BCUT2D eigenvalue weighted by molar-refractivity contribution is 5.55. The molecule has 0 fully saturated rings. The van der Waals surface area contributed by atoms with Gasteiger partial charge in [-0.05, 0) is 37.1 Å². The Kier molecular flexibility index (Phi) is 0.942. The third-order valence-corrected chi connectivity index (χ3v) is 1.83. The summed E-state index contributed by atoms with van der Waals surface area (Å²) < 4.78 is 83.6. The molecule has 0 saturated carbocycles. The number of aromatic nitrogens is 1. The Bertz CT molecular complexity index is 816. The van der Waals surface area contributed by atoms with Crippen molar-refractivity contribution in [2.24, 2.45) is 7.05 Å². The Morgan fingerprint density at radius 3 is 2.93 bits per heavy atom. The van der Waals surface area contributed by atoms with Crippen LogP contribution in [0.25, 0.3) is 11.3 Å². The minimum atomic E-state index is -2.77. The molecule has 0 aliphatic carbocycles. The van der Waals surface area contributed by atoms with Gasteiger partial charge in [-0.1, -0.05) is 0 Å². The van der Waals surface area contributed by atoms with Gasteiger partial charge in [0.05, 0.1) is 6.85 Å². The zero-order chi connectivity index (χ0) is 18.6. The maximum Gasteiger partial charge on any atom is 0.212 e. The molecular formula is C13H13FN+. The predicted octanol–water partition coefficient (Wildman–Crippen LogP) is 2.63. The van der Waals surface area contributed by atoms with Gasteiger partial charge in [-0.2, -0.15) is 0 Å². The van der Waals surface area contributed by atoms with Crippen LogP contribution in [0.3, 0.4) is 0 Å². The van der Waals surface area contributed by atoms with Crippen molar-refractivity contribution in [1.29, 1.82) is 0 Å². The van der Waals surface area contributed by atoms with Gasteiger partial charge in [0.2, 0.25) is 5.69 Å². The number of benzene rings is 1. The Labute approximate surface area is 101 Å². The van der Waals surface area contributed by atoms with Crippen molar-refractivity contribution in [1.82, 2.24) is 0 Å². The summed E-state index contributed by atoms with van der Waals surface area (Å²) in [5.74, 6) is -1.19. The molecule has 0 saturated heterocycles. The van der Waals surface area contributed by atoms with Gasteiger partial charge >= 0.3 is 0 Å². The van der Waals surface area contributed by atoms with E-state index >= 15 is 0 Å². The number of pyridine rings is 1. The van der Waals surface area contributed by atoms with Crippen molar-refractivity contribution in [2.75, 3.05) is 0 Å². The largest absolute Gasteiger partial charge is 0.212 e. The zero-order valence-electron chi connectivity index (χ0n) is 16.9. The lowest BCUT2D eigenvalue weighted by Crippen LogP contribution is -2.30. The van der Waals surface area contributed by atoms with E-state index in [0.29, 0.717) is 0 Å². The van der Waals surface area contributed by atoms with Gasteiger partial charge in [0.25, 0.3) is 0 Å². The molecule has 1 heterocycles. The van der Waals surface area contributed by atoms with Gasteiger partial charge in [0.1, 0.15) is 14.2 Å². The molecule has 0 spiro atoms. The van der Waals surface area contributed by atoms with Crippen LogP contribution in [0.2, 0.25) is 0 Å². The van der Waals surface area contributed by atoms with Gasteiger partial charge in [0, 0.05) is 21.3 Å². The van der Waals surface area contributed by atoms with E-state index in [9.17, 15) is 4.39 Å². The third kappa shape index (κ3) is 2.04. The summed E-state index contributed by atoms with van der Waals surface area (Å²) in [6.07, 6.45) is -0.548. The molecule has 0 amide bonds. The van der Waals surface area contributed by atoms with E-state index in [1.54, 1.807) is 0 Å². The van der Waals surface area contributed by atoms with Crippen molar-refractivity contribution in [3.8, 4) is 11.3 Å². The van der Waals surface area contributed by atoms with Crippen LogP contribution in [0.5, 0.6) is 0 Å². The molecule has 2 aromatic rings. The Morgan fingerprint density at radius 2 is 2.13 bits per heavy atom. The molecule has 0 aliphatic heterocycles. The van der Waals surface area contributed by atoms with Gasteiger partial charge in [-0.25, -0.2) is 8.96 Å². The van der Waals surface area contributed by atoms with E-state index in [-0.39, 0.29) is 11.3 Å². The molecule has 0 radical (unpaired) electrons. The second-order valence-electron chi connectivity index (χ2n) is 2.91. The predicted molar refractivity (Wildman–Crippen MR) is 57.7 cm³/mol. The van der Waals surface area contributed by atoms with Crippen LogP contribution in [0.1, 0.15) is 17.9 Å². The number of halogens is 1. The molecule has 0 unspecified atom stereocenters. The summed E-state index contributed by atoms with van der Waals surface area (Å²) in [6.45, 7) is -2.77. The summed E-state index contributed by atoms with van der Waals surface area (Å²) in [6, 6.07) is -2.45. The van der Waals surface area contributed by atoms with Crippen molar-refractivity contribution >= 4 is 0 Å². The molecular weight excluding hydrogens is 189 g/mol. The second kappa shape index (κ2) is 3.81. The summed E-state index contributed by atoms with van der Waals surface area (Å²) >= 11 is 0. The van der Waals surface area contributed by atoms with E-state index in [1.165, 1.54) is 7.05 Å². The minimum absolute atomic E-state index is 0.182. The van der Waals surface area contributed by atoms with Crippen LogP contribution >= 0.6 is 0 Å². The standard InChI is InChI=1S/C13H13FN/c1-10-3-8-13(15(2)9-10)11-4-6-12(14)7-5-11/h3-9H,1-2H3/q+1/i1D3,3D,4D,6D,7D,8D,9D. The highest BCUT2D eigenvalue weighted by Gasteiger charge is 2.08. The van der Waals surface area contributed by atoms with Crippen molar-refractivity contribution in [3.05, 3.63) is 53.8 Å². The average molecular weight is 211 g/mol. The molecule has 0 aliphatic rings. The van der Waals surface area contributed by atoms with E-state index < -0.39 is 54.6 Å². The number of rotatable bonds is 1. The Balaban J connectivity index is 2.94. The van der Waals surface area contributed by atoms with Gasteiger partial charge in [-0.15, -0.1) is 0 Å². The van der Waals surface area contributed by atoms with Crippen molar-refractivity contribution in [2.45, 2.75) is 6.85 Å². The van der Waals surface area contributed by atoms with Crippen molar-refractivity contribution in [3.63, 3.8) is 0 Å². The summed E-state index contributed by atoms with van der Waals surface area (Å²) in [5.41, 5.74) is -0.979. The molecule has 0 bridgehead atoms. The van der Waals surface area contributed by atoms with Gasteiger partial charge < -0.3 is 0 Å². The maximum absolute atomic E-state index is 13.6. The minimum Gasteiger partial charge on any atom is -0.207 e. The van der Waals surface area contributed by atoms with Gasteiger partial charge in [0.15, 0.2) is 6.17 Å². The molecule has 1 nitrogen and oxygen atoms in total. The summed E-state index contributed by atoms with van der Waals surface area (Å²) in [4.78, 5) is 0. The van der Waals surface area contributed by atoms with Crippen LogP contribution < -0.4 is 4.57 Å². The SMILES string of the molecule is [2H]c1cc(-c2c([2H])c([2H])c(C([2H])([2H])[2H])c([2H])[n+]2C)c([2H])c([2H])c1F. The normalized spacial score (nSPS) is 19.7. The fourth-order valence-corrected chi connectivity index (χ4v) is 1.16. The molecule has 1 aromatic heterocycles. The second-order valence-corrected chi connectivity index (χ2v) is 2.91. The van der Waals surface area contributed by atoms with Crippen LogP contribution in [-0.4, -0.2) is 0 Å². The van der Waals surface area contributed by atoms with Crippen molar-refractivity contribution < 1.29 is 21.3 Å². The molecule has 1 aromatic carbocycles. The van der Waals surface area contributed by atoms with Gasteiger partial charge in [-0.3, -0.25) is 0 Å². The molecule has 0 N–H and O–H groups in total. The number of hydrogen-bond donors (Lipinski definition) is 0. The number of hydrogen-bond acceptors (Lipinski definition) is 0. The fraction of sp³-hybridized carbons (Fsp3) is 0.154. The van der Waals surface area contributed by atoms with E-state index in [2.05, 4.69) is 0 Å². The Hall–Kier alpha value is -1.70. The quantitative estimate of drug-likeness (QED) is 0.638. The zero-order valence-corrected chi connectivity index (χ0v) is 7.90. The fourth-order valence-electron chi connectivity index (χ4n) is 1.16.